The molecule has 0 unspecified atom stereocenters. The Balaban J connectivity index is 1.67. The van der Waals surface area contributed by atoms with Crippen molar-refractivity contribution in [3.05, 3.63) is 78.5 Å². The lowest BCUT2D eigenvalue weighted by Crippen LogP contribution is -2.24. The second kappa shape index (κ2) is 10.8. The van der Waals surface area contributed by atoms with Gasteiger partial charge in [0.2, 0.25) is 0 Å². The quantitative estimate of drug-likeness (QED) is 0.196. The largest absolute Gasteiger partial charge is 0.425 e. The fourth-order valence-electron chi connectivity index (χ4n) is 3.80. The van der Waals surface area contributed by atoms with Crippen molar-refractivity contribution in [1.82, 2.24) is 5.32 Å². The highest BCUT2D eigenvalue weighted by Crippen LogP contribution is 2.40. The molecule has 0 spiro atoms. The van der Waals surface area contributed by atoms with Crippen molar-refractivity contribution in [1.29, 1.82) is 0 Å². The van der Waals surface area contributed by atoms with Crippen molar-refractivity contribution in [3.63, 3.8) is 0 Å². The van der Waals surface area contributed by atoms with E-state index in [1.54, 1.807) is 17.6 Å². The van der Waals surface area contributed by atoms with Crippen LogP contribution in [0.15, 0.2) is 56.4 Å². The third kappa shape index (κ3) is 5.80. The maximum Gasteiger partial charge on any atom is 0.308 e. The summed E-state index contributed by atoms with van der Waals surface area (Å²) in [5, 5.41) is 3.73. The maximum absolute atomic E-state index is 13.2. The lowest BCUT2D eigenvalue weighted by Gasteiger charge is -2.13. The molecule has 8 heteroatoms. The number of halogens is 2. The van der Waals surface area contributed by atoms with E-state index in [1.807, 2.05) is 42.5 Å². The Hall–Kier alpha value is -2.29. The Morgan fingerprint density at radius 3 is 2.67 bits per heavy atom. The van der Waals surface area contributed by atoms with Crippen molar-refractivity contribution < 1.29 is 14.3 Å². The smallest absolute Gasteiger partial charge is 0.308 e. The summed E-state index contributed by atoms with van der Waals surface area (Å²) >= 11 is 8.49. The van der Waals surface area contributed by atoms with E-state index in [9.17, 15) is 9.59 Å². The van der Waals surface area contributed by atoms with Crippen LogP contribution in [0.1, 0.15) is 51.7 Å². The molecule has 4 rings (SSSR count). The molecule has 0 aliphatic heterocycles. The molecular weight excluding hydrogens is 568 g/mol. The number of rotatable bonds is 6. The van der Waals surface area contributed by atoms with Crippen molar-refractivity contribution in [2.45, 2.75) is 39.2 Å². The van der Waals surface area contributed by atoms with Crippen molar-refractivity contribution in [2.24, 2.45) is 4.99 Å². The third-order valence-corrected chi connectivity index (χ3v) is 7.53. The van der Waals surface area contributed by atoms with Gasteiger partial charge in [0.25, 0.3) is 5.91 Å². The lowest BCUT2D eigenvalue weighted by atomic mass is 9.95. The number of hydrogen-bond acceptors (Lipinski definition) is 5. The van der Waals surface area contributed by atoms with Crippen LogP contribution in [0.5, 0.6) is 5.75 Å². The second-order valence-corrected chi connectivity index (χ2v) is 10.6. The fourth-order valence-corrected chi connectivity index (χ4v) is 6.37. The number of ether oxygens (including phenoxy) is 1. The number of esters is 1. The first-order valence-electron chi connectivity index (χ1n) is 10.6. The summed E-state index contributed by atoms with van der Waals surface area (Å²) in [6.45, 7) is 1.82. The summed E-state index contributed by atoms with van der Waals surface area (Å²) in [6.07, 6.45) is 5.70. The van der Waals surface area contributed by atoms with Crippen LogP contribution in [0.3, 0.4) is 0 Å². The Morgan fingerprint density at radius 1 is 1.15 bits per heavy atom. The number of thiophene rings is 1. The molecule has 0 bridgehead atoms. The first-order valence-corrected chi connectivity index (χ1v) is 13.0. The summed E-state index contributed by atoms with van der Waals surface area (Å²) in [4.78, 5) is 30.8. The first-order chi connectivity index (χ1) is 15.9. The van der Waals surface area contributed by atoms with Gasteiger partial charge in [-0.15, -0.1) is 11.3 Å². The molecule has 0 radical (unpaired) electrons. The van der Waals surface area contributed by atoms with Crippen LogP contribution in [0.2, 0.25) is 0 Å². The van der Waals surface area contributed by atoms with E-state index in [4.69, 9.17) is 9.73 Å². The molecule has 5 nitrogen and oxygen atoms in total. The summed E-state index contributed by atoms with van der Waals surface area (Å²) in [5.41, 5.74) is 3.45. The molecule has 0 saturated carbocycles. The Kier molecular flexibility index (Phi) is 7.78. The van der Waals surface area contributed by atoms with Gasteiger partial charge in [-0.2, -0.15) is 0 Å². The van der Waals surface area contributed by atoms with Crippen LogP contribution in [0, 0.1) is 0 Å². The zero-order chi connectivity index (χ0) is 23.4. The van der Waals surface area contributed by atoms with Gasteiger partial charge in [-0.05, 0) is 64.9 Å². The van der Waals surface area contributed by atoms with Gasteiger partial charge in [0, 0.05) is 34.6 Å². The van der Waals surface area contributed by atoms with Gasteiger partial charge < -0.3 is 10.1 Å². The molecule has 1 heterocycles. The number of hydrogen-bond donors (Lipinski definition) is 1. The Labute approximate surface area is 213 Å². The maximum atomic E-state index is 13.2. The molecule has 3 aromatic rings. The zero-order valence-electron chi connectivity index (χ0n) is 18.0. The molecule has 170 valence electrons. The highest BCUT2D eigenvalue weighted by atomic mass is 79.9. The Morgan fingerprint density at radius 2 is 1.91 bits per heavy atom. The van der Waals surface area contributed by atoms with E-state index in [0.717, 1.165) is 41.3 Å². The van der Waals surface area contributed by atoms with Gasteiger partial charge in [0.15, 0.2) is 5.75 Å². The van der Waals surface area contributed by atoms with Gasteiger partial charge in [0.1, 0.15) is 5.00 Å². The molecule has 1 N–H and O–H groups in total. The van der Waals surface area contributed by atoms with Gasteiger partial charge in [-0.3, -0.25) is 9.59 Å². The van der Waals surface area contributed by atoms with Crippen LogP contribution < -0.4 is 10.1 Å². The van der Waals surface area contributed by atoms with Crippen molar-refractivity contribution in [2.75, 3.05) is 0 Å². The molecular formula is C25H22Br2N2O3S. The van der Waals surface area contributed by atoms with Crippen LogP contribution in [-0.4, -0.2) is 18.1 Å². The first kappa shape index (κ1) is 23.9. The highest BCUT2D eigenvalue weighted by molar-refractivity contribution is 9.11. The number of fused-ring (bicyclic) bond motifs is 1. The molecule has 1 aliphatic carbocycles. The molecule has 1 amide bonds. The highest BCUT2D eigenvalue weighted by Gasteiger charge is 2.25. The van der Waals surface area contributed by atoms with Crippen molar-refractivity contribution >= 4 is 66.3 Å². The molecule has 0 atom stereocenters. The van der Waals surface area contributed by atoms with E-state index >= 15 is 0 Å². The number of aliphatic imine (C=N–C) groups is 1. The SMILES string of the molecule is CC(=O)Oc1c(Br)cc(Br)cc1C=Nc1sc2c(c1C(=O)NCc1ccccc1)CCCC2. The van der Waals surface area contributed by atoms with E-state index in [-0.39, 0.29) is 5.91 Å². The van der Waals surface area contributed by atoms with E-state index in [1.165, 1.54) is 11.8 Å². The van der Waals surface area contributed by atoms with Crippen LogP contribution >= 0.6 is 43.2 Å². The number of amides is 1. The van der Waals surface area contributed by atoms with E-state index in [2.05, 4.69) is 37.2 Å². The van der Waals surface area contributed by atoms with Gasteiger partial charge in [0.05, 0.1) is 10.0 Å². The minimum absolute atomic E-state index is 0.110. The predicted octanol–water partition coefficient (Wildman–Crippen LogP) is 6.76. The third-order valence-electron chi connectivity index (χ3n) is 5.28. The number of aryl methyl sites for hydroxylation is 1. The lowest BCUT2D eigenvalue weighted by molar-refractivity contribution is -0.131. The number of carbonyl (C=O) groups is 2. The van der Waals surface area contributed by atoms with Crippen LogP contribution in [-0.2, 0) is 24.2 Å². The monoisotopic (exact) mass is 588 g/mol. The zero-order valence-corrected chi connectivity index (χ0v) is 22.0. The summed E-state index contributed by atoms with van der Waals surface area (Å²) in [5.74, 6) is -0.132. The molecule has 0 fully saturated rings. The minimum Gasteiger partial charge on any atom is -0.425 e. The Bertz CT molecular complexity index is 1220. The summed E-state index contributed by atoms with van der Waals surface area (Å²) in [6, 6.07) is 13.5. The number of nitrogens with one attached hydrogen (secondary N) is 1. The molecule has 33 heavy (non-hydrogen) atoms. The minimum atomic E-state index is -0.416. The standard InChI is InChI=1S/C25H22Br2N2O3S/c1-15(30)32-23-17(11-18(26)12-20(23)27)14-29-25-22(19-9-5-6-10-21(19)33-25)24(31)28-13-16-7-3-2-4-8-16/h2-4,7-8,11-12,14H,5-6,9-10,13H2,1H3,(H,28,31). The average molecular weight is 590 g/mol. The average Bonchev–Trinajstić information content (AvgIpc) is 3.17. The molecule has 1 aromatic heterocycles. The predicted molar refractivity (Wildman–Crippen MR) is 139 cm³/mol. The molecule has 2 aromatic carbocycles. The molecule has 0 saturated heterocycles. The van der Waals surface area contributed by atoms with E-state index < -0.39 is 5.97 Å². The fraction of sp³-hybridized carbons (Fsp3) is 0.240. The normalized spacial score (nSPS) is 13.1. The number of nitrogens with zero attached hydrogens (tertiary/aromatic N) is 1. The van der Waals surface area contributed by atoms with Crippen molar-refractivity contribution in [3.8, 4) is 5.75 Å². The summed E-state index contributed by atoms with van der Waals surface area (Å²) < 4.78 is 6.85. The van der Waals surface area contributed by atoms with Gasteiger partial charge >= 0.3 is 5.97 Å². The number of carbonyl (C=O) groups excluding carboxylic acids is 2. The second-order valence-electron chi connectivity index (χ2n) is 7.72. The topological polar surface area (TPSA) is 67.8 Å². The van der Waals surface area contributed by atoms with Crippen LogP contribution in [0.25, 0.3) is 0 Å². The number of benzene rings is 2. The molecule has 1 aliphatic rings. The van der Waals surface area contributed by atoms with Crippen LogP contribution in [0.4, 0.5) is 5.00 Å². The van der Waals surface area contributed by atoms with Gasteiger partial charge in [-0.25, -0.2) is 4.99 Å². The summed E-state index contributed by atoms with van der Waals surface area (Å²) in [7, 11) is 0. The van der Waals surface area contributed by atoms with E-state index in [0.29, 0.717) is 32.9 Å². The van der Waals surface area contributed by atoms with Gasteiger partial charge in [-0.1, -0.05) is 46.3 Å².